The molecule has 2 N–H and O–H groups in total. The van der Waals surface area contributed by atoms with E-state index in [0.717, 1.165) is 55.8 Å². The van der Waals surface area contributed by atoms with Gasteiger partial charge < -0.3 is 15.1 Å². The van der Waals surface area contributed by atoms with Gasteiger partial charge in [-0.25, -0.2) is 4.39 Å². The molecule has 1 aromatic rings. The standard InChI is InChI=1S/C22H27F4NO3S/c23-19-10-6-15(14-18(19)22(24,25)26)13-17(28)9-7-16-8-11-20(31)27(16)12-4-2-1-3-5-21(29)30/h6-7,9-10,14,16-17,28H,1-5,8,11-13H2,(H,29,30)/b9-7+/t16-,17+/m0/s1. The minimum Gasteiger partial charge on any atom is -0.481 e. The monoisotopic (exact) mass is 461 g/mol. The van der Waals surface area contributed by atoms with E-state index in [0.29, 0.717) is 6.42 Å². The summed E-state index contributed by atoms with van der Waals surface area (Å²) in [5, 5.41) is 18.9. The highest BCUT2D eigenvalue weighted by Crippen LogP contribution is 2.32. The van der Waals surface area contributed by atoms with E-state index in [-0.39, 0.29) is 24.4 Å². The van der Waals surface area contributed by atoms with Crippen molar-refractivity contribution in [2.24, 2.45) is 0 Å². The highest BCUT2D eigenvalue weighted by Gasteiger charge is 2.34. The van der Waals surface area contributed by atoms with Crippen molar-refractivity contribution in [3.05, 3.63) is 47.3 Å². The second kappa shape index (κ2) is 11.6. The molecule has 1 saturated heterocycles. The average Bonchev–Trinajstić information content (AvgIpc) is 3.03. The number of hydrogen-bond donors (Lipinski definition) is 2. The van der Waals surface area contributed by atoms with Crippen molar-refractivity contribution < 1.29 is 32.6 Å². The predicted molar refractivity (Wildman–Crippen MR) is 113 cm³/mol. The van der Waals surface area contributed by atoms with Gasteiger partial charge in [-0.05, 0) is 37.0 Å². The van der Waals surface area contributed by atoms with Crippen LogP contribution in [0, 0.1) is 5.82 Å². The quantitative estimate of drug-likeness (QED) is 0.207. The van der Waals surface area contributed by atoms with E-state index in [1.807, 2.05) is 6.08 Å². The van der Waals surface area contributed by atoms with Crippen LogP contribution in [-0.4, -0.2) is 44.8 Å². The van der Waals surface area contributed by atoms with Gasteiger partial charge in [-0.3, -0.25) is 4.79 Å². The molecule has 1 heterocycles. The molecule has 0 bridgehead atoms. The second-order valence-electron chi connectivity index (χ2n) is 7.72. The molecule has 31 heavy (non-hydrogen) atoms. The van der Waals surface area contributed by atoms with Gasteiger partial charge in [0.15, 0.2) is 0 Å². The summed E-state index contributed by atoms with van der Waals surface area (Å²) in [7, 11) is 0. The lowest BCUT2D eigenvalue weighted by atomic mass is 10.0. The number of halogens is 4. The lowest BCUT2D eigenvalue weighted by Gasteiger charge is -2.24. The number of aliphatic hydroxyl groups is 1. The third-order valence-electron chi connectivity index (χ3n) is 5.25. The fraction of sp³-hybridized carbons (Fsp3) is 0.545. The molecular formula is C22H27F4NO3S. The summed E-state index contributed by atoms with van der Waals surface area (Å²) in [6.45, 7) is 0.740. The minimum absolute atomic E-state index is 0.0140. The molecule has 0 aromatic heterocycles. The Kier molecular flexibility index (Phi) is 9.43. The fourth-order valence-corrected chi connectivity index (χ4v) is 3.99. The number of aliphatic carboxylic acids is 1. The van der Waals surface area contributed by atoms with Gasteiger partial charge in [0.05, 0.1) is 16.7 Å². The molecule has 0 spiro atoms. The maximum Gasteiger partial charge on any atom is 0.419 e. The van der Waals surface area contributed by atoms with E-state index < -0.39 is 29.6 Å². The first-order valence-corrected chi connectivity index (χ1v) is 10.7. The van der Waals surface area contributed by atoms with E-state index in [4.69, 9.17) is 17.3 Å². The summed E-state index contributed by atoms with van der Waals surface area (Å²) in [6.07, 6.45) is 2.52. The Balaban J connectivity index is 1.87. The molecule has 0 radical (unpaired) electrons. The molecule has 9 heteroatoms. The van der Waals surface area contributed by atoms with Gasteiger partial charge in [0.1, 0.15) is 5.82 Å². The topological polar surface area (TPSA) is 60.8 Å². The summed E-state index contributed by atoms with van der Waals surface area (Å²) >= 11 is 5.41. The zero-order valence-electron chi connectivity index (χ0n) is 17.1. The van der Waals surface area contributed by atoms with Crippen LogP contribution in [0.15, 0.2) is 30.4 Å². The van der Waals surface area contributed by atoms with Crippen LogP contribution in [0.1, 0.15) is 56.1 Å². The van der Waals surface area contributed by atoms with Crippen molar-refractivity contribution in [3.8, 4) is 0 Å². The number of aliphatic hydroxyl groups excluding tert-OH is 1. The highest BCUT2D eigenvalue weighted by molar-refractivity contribution is 7.80. The average molecular weight is 462 g/mol. The van der Waals surface area contributed by atoms with Crippen molar-refractivity contribution in [2.75, 3.05) is 6.54 Å². The molecule has 2 atom stereocenters. The van der Waals surface area contributed by atoms with Gasteiger partial charge in [0.2, 0.25) is 0 Å². The van der Waals surface area contributed by atoms with E-state index in [2.05, 4.69) is 4.90 Å². The lowest BCUT2D eigenvalue weighted by Crippen LogP contribution is -2.32. The van der Waals surface area contributed by atoms with Crippen molar-refractivity contribution in [3.63, 3.8) is 0 Å². The molecule has 0 saturated carbocycles. The summed E-state index contributed by atoms with van der Waals surface area (Å²) in [6, 6.07) is 2.75. The van der Waals surface area contributed by atoms with Crippen LogP contribution in [0.2, 0.25) is 0 Å². The Hall–Kier alpha value is -2.00. The number of rotatable bonds is 11. The number of likely N-dealkylation sites (tertiary alicyclic amines) is 1. The van der Waals surface area contributed by atoms with Crippen LogP contribution < -0.4 is 0 Å². The molecule has 4 nitrogen and oxygen atoms in total. The number of carboxylic acids is 1. The minimum atomic E-state index is -4.78. The van der Waals surface area contributed by atoms with Gasteiger partial charge in [0.25, 0.3) is 0 Å². The Morgan fingerprint density at radius 3 is 2.65 bits per heavy atom. The van der Waals surface area contributed by atoms with Gasteiger partial charge in [-0.2, -0.15) is 13.2 Å². The van der Waals surface area contributed by atoms with Crippen molar-refractivity contribution in [1.29, 1.82) is 0 Å². The summed E-state index contributed by atoms with van der Waals surface area (Å²) < 4.78 is 51.9. The van der Waals surface area contributed by atoms with Gasteiger partial charge >= 0.3 is 12.1 Å². The van der Waals surface area contributed by atoms with Crippen molar-refractivity contribution in [2.45, 2.75) is 69.7 Å². The molecule has 172 valence electrons. The Morgan fingerprint density at radius 1 is 1.26 bits per heavy atom. The number of unbranched alkanes of at least 4 members (excludes halogenated alkanes) is 3. The predicted octanol–water partition coefficient (Wildman–Crippen LogP) is 5.13. The van der Waals surface area contributed by atoms with Crippen molar-refractivity contribution >= 4 is 23.2 Å². The smallest absolute Gasteiger partial charge is 0.419 e. The fourth-order valence-electron chi connectivity index (χ4n) is 3.64. The lowest BCUT2D eigenvalue weighted by molar-refractivity contribution is -0.140. The number of nitrogens with zero attached hydrogens (tertiary/aromatic N) is 1. The third kappa shape index (κ3) is 8.22. The van der Waals surface area contributed by atoms with E-state index in [9.17, 15) is 27.5 Å². The largest absolute Gasteiger partial charge is 0.481 e. The van der Waals surface area contributed by atoms with Crippen molar-refractivity contribution in [1.82, 2.24) is 4.90 Å². The number of alkyl halides is 3. The van der Waals surface area contributed by atoms with Gasteiger partial charge in [-0.15, -0.1) is 0 Å². The Morgan fingerprint density at radius 2 is 1.97 bits per heavy atom. The highest BCUT2D eigenvalue weighted by atomic mass is 32.1. The van der Waals surface area contributed by atoms with Crippen LogP contribution in [0.3, 0.4) is 0 Å². The molecule has 1 fully saturated rings. The number of carboxylic acid groups (broad SMARTS) is 1. The van der Waals surface area contributed by atoms with Crippen LogP contribution in [-0.2, 0) is 17.4 Å². The second-order valence-corrected chi connectivity index (χ2v) is 8.19. The molecule has 2 rings (SSSR count). The molecular weight excluding hydrogens is 434 g/mol. The summed E-state index contributed by atoms with van der Waals surface area (Å²) in [5.74, 6) is -2.13. The first-order valence-electron chi connectivity index (χ1n) is 10.3. The molecule has 0 aliphatic carbocycles. The van der Waals surface area contributed by atoms with E-state index in [1.165, 1.54) is 6.07 Å². The molecule has 1 aliphatic heterocycles. The summed E-state index contributed by atoms with van der Waals surface area (Å²) in [4.78, 5) is 13.4. The zero-order valence-corrected chi connectivity index (χ0v) is 17.9. The van der Waals surface area contributed by atoms with Crippen LogP contribution in [0.5, 0.6) is 0 Å². The van der Waals surface area contributed by atoms with E-state index in [1.54, 1.807) is 6.08 Å². The van der Waals surface area contributed by atoms with Crippen LogP contribution in [0.4, 0.5) is 17.6 Å². The first-order chi connectivity index (χ1) is 14.6. The third-order valence-corrected chi connectivity index (χ3v) is 5.69. The summed E-state index contributed by atoms with van der Waals surface area (Å²) in [5.41, 5.74) is -1.14. The maximum absolute atomic E-state index is 13.4. The first kappa shape index (κ1) is 25.3. The van der Waals surface area contributed by atoms with E-state index >= 15 is 0 Å². The zero-order chi connectivity index (χ0) is 23.0. The molecule has 1 aromatic carbocycles. The molecule has 1 aliphatic rings. The number of thiocarbonyl (C=S) groups is 1. The normalized spacial score (nSPS) is 18.2. The Bertz CT molecular complexity index is 797. The van der Waals surface area contributed by atoms with Gasteiger partial charge in [0, 0.05) is 31.8 Å². The molecule has 0 amide bonds. The SMILES string of the molecule is O=C(O)CCCCCCN1C(=S)CC[C@@H]1/C=C/[C@@H](O)Cc1ccc(F)c(C(F)(F)F)c1. The number of hydrogen-bond acceptors (Lipinski definition) is 3. The number of benzene rings is 1. The molecule has 0 unspecified atom stereocenters. The van der Waals surface area contributed by atoms with Crippen LogP contribution >= 0.6 is 12.2 Å². The number of carbonyl (C=O) groups is 1. The van der Waals surface area contributed by atoms with Crippen LogP contribution in [0.25, 0.3) is 0 Å². The maximum atomic E-state index is 13.4. The Labute approximate surface area is 184 Å². The van der Waals surface area contributed by atoms with Gasteiger partial charge in [-0.1, -0.05) is 43.3 Å².